The summed E-state index contributed by atoms with van der Waals surface area (Å²) in [5.74, 6) is -2.20. The minimum Gasteiger partial charge on any atom is -0.356 e. The normalized spacial score (nSPS) is 12.6. The van der Waals surface area contributed by atoms with E-state index in [4.69, 9.17) is 5.73 Å². The molecule has 23 heavy (non-hydrogen) atoms. The van der Waals surface area contributed by atoms with Gasteiger partial charge in [0.2, 0.25) is 0 Å². The highest BCUT2D eigenvalue weighted by Gasteiger charge is 2.18. The Morgan fingerprint density at radius 1 is 1.00 bits per heavy atom. The summed E-state index contributed by atoms with van der Waals surface area (Å²) in [5, 5.41) is 0.0917. The van der Waals surface area contributed by atoms with Crippen molar-refractivity contribution < 1.29 is 13.2 Å². The van der Waals surface area contributed by atoms with Gasteiger partial charge in [0, 0.05) is 28.7 Å². The molecule has 0 aliphatic carbocycles. The Kier molecular flexibility index (Phi) is 3.69. The molecule has 3 nitrogen and oxygen atoms in total. The Balaban J connectivity index is 2.44. The number of benzene rings is 2. The van der Waals surface area contributed by atoms with Crippen molar-refractivity contribution >= 4 is 10.9 Å². The first-order valence-corrected chi connectivity index (χ1v) is 6.94. The summed E-state index contributed by atoms with van der Waals surface area (Å²) >= 11 is 0. The zero-order chi connectivity index (χ0) is 16.7. The second-order valence-corrected chi connectivity index (χ2v) is 5.38. The molecule has 1 heterocycles. The van der Waals surface area contributed by atoms with Crippen LogP contribution in [0.2, 0.25) is 0 Å². The Labute approximate surface area is 129 Å². The summed E-state index contributed by atoms with van der Waals surface area (Å²) in [4.78, 5) is 15.7. The molecular weight excluding hydrogens is 305 g/mol. The van der Waals surface area contributed by atoms with Gasteiger partial charge in [-0.25, -0.2) is 13.2 Å². The number of hydrogen-bond donors (Lipinski definition) is 2. The fourth-order valence-corrected chi connectivity index (χ4v) is 2.60. The smallest absolute Gasteiger partial charge is 0.197 e. The minimum absolute atomic E-state index is 0.0384. The van der Waals surface area contributed by atoms with E-state index in [-0.39, 0.29) is 16.5 Å². The summed E-state index contributed by atoms with van der Waals surface area (Å²) in [6, 6.07) is 5.94. The maximum absolute atomic E-state index is 13.5. The number of fused-ring (bicyclic) bond motifs is 1. The third kappa shape index (κ3) is 2.73. The zero-order valence-corrected chi connectivity index (χ0v) is 12.2. The van der Waals surface area contributed by atoms with Crippen LogP contribution < -0.4 is 11.2 Å². The molecule has 0 saturated carbocycles. The molecule has 3 N–H and O–H groups in total. The first-order chi connectivity index (χ1) is 10.9. The van der Waals surface area contributed by atoms with Gasteiger partial charge in [0.15, 0.2) is 5.43 Å². The van der Waals surface area contributed by atoms with Crippen LogP contribution in [0.25, 0.3) is 22.0 Å². The van der Waals surface area contributed by atoms with Crippen molar-refractivity contribution in [2.75, 3.05) is 0 Å². The van der Waals surface area contributed by atoms with E-state index in [9.17, 15) is 18.0 Å². The number of halogens is 3. The van der Waals surface area contributed by atoms with Gasteiger partial charge in [0.05, 0.1) is 5.56 Å². The number of aromatic nitrogens is 1. The fraction of sp³-hybridized carbons (Fsp3) is 0.118. The zero-order valence-electron chi connectivity index (χ0n) is 12.2. The van der Waals surface area contributed by atoms with Crippen LogP contribution in [0.5, 0.6) is 0 Å². The molecule has 0 saturated heterocycles. The summed E-state index contributed by atoms with van der Waals surface area (Å²) in [5.41, 5.74) is 6.19. The van der Waals surface area contributed by atoms with Gasteiger partial charge in [0.25, 0.3) is 0 Å². The molecule has 3 aromatic rings. The SMILES string of the molecule is C[C@H](N)c1[nH]c2ccc(F)cc2c(=O)c1-c1cc(F)cc(F)c1. The summed E-state index contributed by atoms with van der Waals surface area (Å²) in [6.07, 6.45) is 0. The molecule has 0 fully saturated rings. The largest absolute Gasteiger partial charge is 0.356 e. The summed E-state index contributed by atoms with van der Waals surface area (Å²) in [7, 11) is 0. The lowest BCUT2D eigenvalue weighted by molar-refractivity contribution is 0.584. The highest BCUT2D eigenvalue weighted by molar-refractivity contribution is 5.85. The number of rotatable bonds is 2. The van der Waals surface area contributed by atoms with E-state index in [1.54, 1.807) is 6.92 Å². The lowest BCUT2D eigenvalue weighted by atomic mass is 9.97. The first-order valence-electron chi connectivity index (χ1n) is 6.94. The van der Waals surface area contributed by atoms with E-state index in [2.05, 4.69) is 4.98 Å². The van der Waals surface area contributed by atoms with Crippen LogP contribution in [0, 0.1) is 17.5 Å². The quantitative estimate of drug-likeness (QED) is 0.758. The van der Waals surface area contributed by atoms with Gasteiger partial charge >= 0.3 is 0 Å². The number of hydrogen-bond acceptors (Lipinski definition) is 2. The average molecular weight is 318 g/mol. The number of pyridine rings is 1. The third-order valence-corrected chi connectivity index (χ3v) is 3.60. The molecule has 0 radical (unpaired) electrons. The molecule has 1 aromatic heterocycles. The molecule has 0 unspecified atom stereocenters. The Hall–Kier alpha value is -2.60. The summed E-state index contributed by atoms with van der Waals surface area (Å²) in [6.45, 7) is 1.64. The van der Waals surface area contributed by atoms with Crippen molar-refractivity contribution in [3.05, 3.63) is 69.8 Å². The van der Waals surface area contributed by atoms with Crippen molar-refractivity contribution in [2.24, 2.45) is 5.73 Å². The maximum Gasteiger partial charge on any atom is 0.197 e. The third-order valence-electron chi connectivity index (χ3n) is 3.60. The lowest BCUT2D eigenvalue weighted by Crippen LogP contribution is -2.17. The standard InChI is InChI=1S/C17H13F3N2O/c1-8(21)16-15(9-4-11(19)6-12(20)5-9)17(23)13-7-10(18)2-3-14(13)22-16/h2-8H,21H2,1H3,(H,22,23)/t8-/m0/s1. The number of aromatic amines is 1. The van der Waals surface area contributed by atoms with Crippen LogP contribution in [-0.4, -0.2) is 4.98 Å². The molecular formula is C17H13F3N2O. The maximum atomic E-state index is 13.5. The molecule has 3 rings (SSSR count). The molecule has 0 amide bonds. The van der Waals surface area contributed by atoms with Gasteiger partial charge in [-0.15, -0.1) is 0 Å². The molecule has 1 atom stereocenters. The second kappa shape index (κ2) is 5.55. The van der Waals surface area contributed by atoms with Gasteiger partial charge in [-0.1, -0.05) is 0 Å². The molecule has 6 heteroatoms. The van der Waals surface area contributed by atoms with E-state index in [1.165, 1.54) is 12.1 Å². The predicted octanol–water partition coefficient (Wildman–Crippen LogP) is 3.63. The Morgan fingerprint density at radius 2 is 1.65 bits per heavy atom. The van der Waals surface area contributed by atoms with Gasteiger partial charge in [-0.05, 0) is 42.8 Å². The van der Waals surface area contributed by atoms with E-state index in [0.717, 1.165) is 18.2 Å². The van der Waals surface area contributed by atoms with Crippen LogP contribution in [0.4, 0.5) is 13.2 Å². The van der Waals surface area contributed by atoms with Crippen LogP contribution in [0.1, 0.15) is 18.7 Å². The van der Waals surface area contributed by atoms with Crippen LogP contribution in [0.3, 0.4) is 0 Å². The van der Waals surface area contributed by atoms with Gasteiger partial charge in [0.1, 0.15) is 17.5 Å². The monoisotopic (exact) mass is 318 g/mol. The molecule has 0 aliphatic heterocycles. The average Bonchev–Trinajstić information content (AvgIpc) is 2.46. The van der Waals surface area contributed by atoms with Crippen molar-refractivity contribution in [2.45, 2.75) is 13.0 Å². The molecule has 0 aliphatic rings. The van der Waals surface area contributed by atoms with Gasteiger partial charge < -0.3 is 10.7 Å². The Morgan fingerprint density at radius 3 is 2.26 bits per heavy atom. The van der Waals surface area contributed by atoms with Crippen LogP contribution in [0.15, 0.2) is 41.2 Å². The first kappa shape index (κ1) is 15.3. The highest BCUT2D eigenvalue weighted by Crippen LogP contribution is 2.27. The van der Waals surface area contributed by atoms with Gasteiger partial charge in [-0.2, -0.15) is 0 Å². The molecule has 0 bridgehead atoms. The van der Waals surface area contributed by atoms with E-state index in [0.29, 0.717) is 17.3 Å². The fourth-order valence-electron chi connectivity index (χ4n) is 2.60. The number of nitrogens with one attached hydrogen (secondary N) is 1. The molecule has 118 valence electrons. The van der Waals surface area contributed by atoms with Crippen LogP contribution >= 0.6 is 0 Å². The minimum atomic E-state index is -0.811. The number of nitrogens with two attached hydrogens (primary N) is 1. The predicted molar refractivity (Wildman–Crippen MR) is 82.5 cm³/mol. The van der Waals surface area contributed by atoms with Crippen molar-refractivity contribution in [3.8, 4) is 11.1 Å². The molecule has 0 spiro atoms. The summed E-state index contributed by atoms with van der Waals surface area (Å²) < 4.78 is 40.5. The molecule has 2 aromatic carbocycles. The van der Waals surface area contributed by atoms with E-state index < -0.39 is 28.9 Å². The lowest BCUT2D eigenvalue weighted by Gasteiger charge is -2.14. The topological polar surface area (TPSA) is 58.9 Å². The van der Waals surface area contributed by atoms with E-state index >= 15 is 0 Å². The van der Waals surface area contributed by atoms with Gasteiger partial charge in [-0.3, -0.25) is 4.79 Å². The van der Waals surface area contributed by atoms with Crippen LogP contribution in [-0.2, 0) is 0 Å². The van der Waals surface area contributed by atoms with Crippen molar-refractivity contribution in [1.29, 1.82) is 0 Å². The van der Waals surface area contributed by atoms with Crippen molar-refractivity contribution in [1.82, 2.24) is 4.98 Å². The van der Waals surface area contributed by atoms with E-state index in [1.807, 2.05) is 0 Å². The number of H-pyrrole nitrogens is 1. The second-order valence-electron chi connectivity index (χ2n) is 5.38. The Bertz CT molecular complexity index is 944. The highest BCUT2D eigenvalue weighted by atomic mass is 19.1. The van der Waals surface area contributed by atoms with Crippen molar-refractivity contribution in [3.63, 3.8) is 0 Å².